The number of benzene rings is 1. The molecule has 1 aliphatic rings. The molecule has 0 spiro atoms. The molecule has 3 heterocycles. The largest absolute Gasteiger partial charge is 0.351 e. The van der Waals surface area contributed by atoms with Crippen molar-refractivity contribution in [3.63, 3.8) is 0 Å². The Morgan fingerprint density at radius 1 is 0.913 bits per heavy atom. The Bertz CT molecular complexity index is 790. The van der Waals surface area contributed by atoms with Crippen LogP contribution in [0.5, 0.6) is 0 Å². The second kappa shape index (κ2) is 5.96. The SMILES string of the molecule is Fc1ccc(CN2CCN(c3nccn4ccnc34)CC2)cc1. The molecule has 1 fully saturated rings. The van der Waals surface area contributed by atoms with Crippen molar-refractivity contribution in [2.75, 3.05) is 31.1 Å². The van der Waals surface area contributed by atoms with E-state index in [1.165, 1.54) is 12.1 Å². The molecule has 0 atom stereocenters. The van der Waals surface area contributed by atoms with Crippen molar-refractivity contribution in [1.82, 2.24) is 19.3 Å². The third-order valence-corrected chi connectivity index (χ3v) is 4.28. The van der Waals surface area contributed by atoms with Gasteiger partial charge < -0.3 is 9.30 Å². The van der Waals surface area contributed by atoms with Crippen LogP contribution in [0.1, 0.15) is 5.56 Å². The second-order valence-electron chi connectivity index (χ2n) is 5.80. The van der Waals surface area contributed by atoms with Gasteiger partial charge >= 0.3 is 0 Å². The van der Waals surface area contributed by atoms with E-state index in [1.54, 1.807) is 6.20 Å². The Morgan fingerprint density at radius 2 is 1.61 bits per heavy atom. The average molecular weight is 311 g/mol. The molecular weight excluding hydrogens is 293 g/mol. The molecule has 118 valence electrons. The van der Waals surface area contributed by atoms with E-state index in [0.717, 1.165) is 49.8 Å². The first kappa shape index (κ1) is 14.1. The molecule has 3 aromatic rings. The Hall–Kier alpha value is -2.47. The summed E-state index contributed by atoms with van der Waals surface area (Å²) in [5, 5.41) is 0. The number of fused-ring (bicyclic) bond motifs is 1. The van der Waals surface area contributed by atoms with Crippen LogP contribution in [0.15, 0.2) is 49.1 Å². The summed E-state index contributed by atoms with van der Waals surface area (Å²) >= 11 is 0. The fraction of sp³-hybridized carbons (Fsp3) is 0.294. The van der Waals surface area contributed by atoms with Gasteiger partial charge in [0.15, 0.2) is 11.5 Å². The Kier molecular flexibility index (Phi) is 3.67. The van der Waals surface area contributed by atoms with E-state index >= 15 is 0 Å². The van der Waals surface area contributed by atoms with E-state index in [9.17, 15) is 4.39 Å². The summed E-state index contributed by atoms with van der Waals surface area (Å²) in [6, 6.07) is 6.76. The lowest BCUT2D eigenvalue weighted by atomic mass is 10.2. The molecule has 0 bridgehead atoms. The highest BCUT2D eigenvalue weighted by molar-refractivity contribution is 5.64. The number of anilines is 1. The van der Waals surface area contributed by atoms with Crippen LogP contribution in [0.3, 0.4) is 0 Å². The summed E-state index contributed by atoms with van der Waals surface area (Å²) < 4.78 is 15.0. The third-order valence-electron chi connectivity index (χ3n) is 4.28. The van der Waals surface area contributed by atoms with E-state index in [-0.39, 0.29) is 5.82 Å². The van der Waals surface area contributed by atoms with Crippen molar-refractivity contribution in [1.29, 1.82) is 0 Å². The van der Waals surface area contributed by atoms with Gasteiger partial charge in [-0.25, -0.2) is 14.4 Å². The van der Waals surface area contributed by atoms with Crippen molar-refractivity contribution in [3.05, 3.63) is 60.4 Å². The van der Waals surface area contributed by atoms with Crippen LogP contribution in [-0.4, -0.2) is 45.4 Å². The van der Waals surface area contributed by atoms with E-state index in [4.69, 9.17) is 0 Å². The minimum Gasteiger partial charge on any atom is -0.351 e. The number of halogens is 1. The van der Waals surface area contributed by atoms with E-state index in [0.29, 0.717) is 0 Å². The van der Waals surface area contributed by atoms with Gasteiger partial charge in [-0.05, 0) is 17.7 Å². The number of aromatic nitrogens is 3. The van der Waals surface area contributed by atoms with Gasteiger partial charge in [0.2, 0.25) is 0 Å². The minimum absolute atomic E-state index is 0.183. The smallest absolute Gasteiger partial charge is 0.180 e. The lowest BCUT2D eigenvalue weighted by Crippen LogP contribution is -2.46. The fourth-order valence-corrected chi connectivity index (χ4v) is 3.03. The van der Waals surface area contributed by atoms with Gasteiger partial charge in [0.1, 0.15) is 5.82 Å². The van der Waals surface area contributed by atoms with Crippen LogP contribution in [0, 0.1) is 5.82 Å². The Morgan fingerprint density at radius 3 is 2.35 bits per heavy atom. The molecule has 1 aliphatic heterocycles. The molecule has 0 radical (unpaired) electrons. The summed E-state index contributed by atoms with van der Waals surface area (Å²) in [7, 11) is 0. The predicted molar refractivity (Wildman–Crippen MR) is 86.9 cm³/mol. The zero-order valence-corrected chi connectivity index (χ0v) is 12.8. The molecule has 6 heteroatoms. The molecule has 1 aromatic carbocycles. The predicted octanol–water partition coefficient (Wildman–Crippen LogP) is 2.19. The minimum atomic E-state index is -0.183. The maximum atomic E-state index is 13.0. The Balaban J connectivity index is 1.43. The van der Waals surface area contributed by atoms with Gasteiger partial charge in [0.25, 0.3) is 0 Å². The van der Waals surface area contributed by atoms with Crippen LogP contribution in [0.4, 0.5) is 10.2 Å². The number of hydrogen-bond acceptors (Lipinski definition) is 4. The topological polar surface area (TPSA) is 36.7 Å². The third kappa shape index (κ3) is 2.90. The highest BCUT2D eigenvalue weighted by Gasteiger charge is 2.20. The lowest BCUT2D eigenvalue weighted by molar-refractivity contribution is 0.249. The maximum absolute atomic E-state index is 13.0. The van der Waals surface area contributed by atoms with Gasteiger partial charge in [-0.3, -0.25) is 4.90 Å². The molecule has 23 heavy (non-hydrogen) atoms. The maximum Gasteiger partial charge on any atom is 0.180 e. The first-order valence-corrected chi connectivity index (χ1v) is 7.79. The number of imidazole rings is 1. The quantitative estimate of drug-likeness (QED) is 0.743. The summed E-state index contributed by atoms with van der Waals surface area (Å²) in [6.45, 7) is 4.61. The first-order valence-electron chi connectivity index (χ1n) is 7.79. The van der Waals surface area contributed by atoms with Gasteiger partial charge in [-0.1, -0.05) is 12.1 Å². The zero-order valence-electron chi connectivity index (χ0n) is 12.8. The summed E-state index contributed by atoms with van der Waals surface area (Å²) in [4.78, 5) is 13.6. The van der Waals surface area contributed by atoms with E-state index < -0.39 is 0 Å². The molecular formula is C17H18FN5. The van der Waals surface area contributed by atoms with Crippen molar-refractivity contribution in [3.8, 4) is 0 Å². The van der Waals surface area contributed by atoms with Gasteiger partial charge in [-0.2, -0.15) is 0 Å². The lowest BCUT2D eigenvalue weighted by Gasteiger charge is -2.35. The molecule has 0 amide bonds. The molecule has 2 aromatic heterocycles. The van der Waals surface area contributed by atoms with E-state index in [1.807, 2.05) is 35.1 Å². The molecule has 5 nitrogen and oxygen atoms in total. The summed E-state index contributed by atoms with van der Waals surface area (Å²) in [6.07, 6.45) is 7.46. The van der Waals surface area contributed by atoms with Gasteiger partial charge in [0, 0.05) is 57.5 Å². The number of nitrogens with zero attached hydrogens (tertiary/aromatic N) is 5. The van der Waals surface area contributed by atoms with Crippen molar-refractivity contribution >= 4 is 11.5 Å². The summed E-state index contributed by atoms with van der Waals surface area (Å²) in [5.41, 5.74) is 2.05. The van der Waals surface area contributed by atoms with E-state index in [2.05, 4.69) is 19.8 Å². The highest BCUT2D eigenvalue weighted by atomic mass is 19.1. The average Bonchev–Trinajstić information content (AvgIpc) is 3.06. The van der Waals surface area contributed by atoms with Crippen LogP contribution >= 0.6 is 0 Å². The Labute approximate surface area is 134 Å². The second-order valence-corrected chi connectivity index (χ2v) is 5.80. The van der Waals surface area contributed by atoms with Crippen molar-refractivity contribution in [2.24, 2.45) is 0 Å². The monoisotopic (exact) mass is 311 g/mol. The molecule has 0 saturated carbocycles. The zero-order chi connectivity index (χ0) is 15.6. The fourth-order valence-electron chi connectivity index (χ4n) is 3.03. The van der Waals surface area contributed by atoms with Gasteiger partial charge in [0.05, 0.1) is 0 Å². The van der Waals surface area contributed by atoms with Crippen LogP contribution < -0.4 is 4.90 Å². The van der Waals surface area contributed by atoms with Crippen LogP contribution in [-0.2, 0) is 6.54 Å². The van der Waals surface area contributed by atoms with Gasteiger partial charge in [-0.15, -0.1) is 0 Å². The normalized spacial score (nSPS) is 16.1. The molecule has 0 aliphatic carbocycles. The van der Waals surface area contributed by atoms with Crippen molar-refractivity contribution < 1.29 is 4.39 Å². The molecule has 0 N–H and O–H groups in total. The van der Waals surface area contributed by atoms with Crippen LogP contribution in [0.2, 0.25) is 0 Å². The summed E-state index contributed by atoms with van der Waals surface area (Å²) in [5.74, 6) is 0.761. The first-order chi connectivity index (χ1) is 11.3. The number of piperazine rings is 1. The molecule has 4 rings (SSSR count). The van der Waals surface area contributed by atoms with Crippen LogP contribution in [0.25, 0.3) is 5.65 Å². The molecule has 1 saturated heterocycles. The van der Waals surface area contributed by atoms with Crippen molar-refractivity contribution in [2.45, 2.75) is 6.54 Å². The standard InChI is InChI=1S/C17H18FN5/c18-15-3-1-14(2-4-15)13-21-9-11-23(12-10-21)17-16-19-5-7-22(16)8-6-20-17/h1-8H,9-13H2. The number of hydrogen-bond donors (Lipinski definition) is 0. The highest BCUT2D eigenvalue weighted by Crippen LogP contribution is 2.19. The number of rotatable bonds is 3. The molecule has 0 unspecified atom stereocenters.